The first-order valence-electron chi connectivity index (χ1n) is 5.93. The molecule has 0 aliphatic carbocycles. The molecular formula is C13H17BrFNO. The number of halogens is 2. The van der Waals surface area contributed by atoms with Crippen molar-refractivity contribution >= 4 is 15.9 Å². The molecule has 4 heteroatoms. The van der Waals surface area contributed by atoms with Gasteiger partial charge in [-0.15, -0.1) is 0 Å². The molecule has 2 rings (SSSR count). The second kappa shape index (κ2) is 5.83. The average molecular weight is 302 g/mol. The van der Waals surface area contributed by atoms with E-state index in [2.05, 4.69) is 21.2 Å². The number of hydrogen-bond acceptors (Lipinski definition) is 2. The summed E-state index contributed by atoms with van der Waals surface area (Å²) in [5.74, 6) is 1.19. The number of piperidine rings is 1. The highest BCUT2D eigenvalue weighted by molar-refractivity contribution is 9.10. The van der Waals surface area contributed by atoms with Crippen molar-refractivity contribution in [2.24, 2.45) is 5.92 Å². The SMILES string of the molecule is COc1c(Br)cc(F)cc1CC1CCNCC1. The first-order valence-corrected chi connectivity index (χ1v) is 6.72. The maximum absolute atomic E-state index is 13.4. The molecule has 0 bridgehead atoms. The van der Waals surface area contributed by atoms with Gasteiger partial charge in [-0.25, -0.2) is 4.39 Å². The van der Waals surface area contributed by atoms with Crippen LogP contribution in [0.5, 0.6) is 5.75 Å². The molecule has 1 aliphatic rings. The number of ether oxygens (including phenoxy) is 1. The lowest BCUT2D eigenvalue weighted by molar-refractivity contribution is 0.359. The summed E-state index contributed by atoms with van der Waals surface area (Å²) < 4.78 is 19.4. The van der Waals surface area contributed by atoms with Gasteiger partial charge in [-0.2, -0.15) is 0 Å². The molecule has 1 fully saturated rings. The predicted octanol–water partition coefficient (Wildman–Crippen LogP) is 3.14. The summed E-state index contributed by atoms with van der Waals surface area (Å²) in [6.07, 6.45) is 3.19. The largest absolute Gasteiger partial charge is 0.495 e. The van der Waals surface area contributed by atoms with Crippen LogP contribution in [-0.2, 0) is 6.42 Å². The van der Waals surface area contributed by atoms with E-state index in [1.165, 1.54) is 6.07 Å². The van der Waals surface area contributed by atoms with E-state index in [0.717, 1.165) is 43.7 Å². The third-order valence-electron chi connectivity index (χ3n) is 3.26. The lowest BCUT2D eigenvalue weighted by Crippen LogP contribution is -2.28. The highest BCUT2D eigenvalue weighted by Gasteiger charge is 2.17. The normalized spacial score (nSPS) is 17.1. The summed E-state index contributed by atoms with van der Waals surface area (Å²) in [6, 6.07) is 3.04. The molecule has 17 heavy (non-hydrogen) atoms. The first kappa shape index (κ1) is 12.8. The topological polar surface area (TPSA) is 21.3 Å². The van der Waals surface area contributed by atoms with Crippen molar-refractivity contribution in [3.05, 3.63) is 28.0 Å². The lowest BCUT2D eigenvalue weighted by Gasteiger charge is -2.23. The van der Waals surface area contributed by atoms with Crippen LogP contribution in [0.25, 0.3) is 0 Å². The Morgan fingerprint density at radius 1 is 1.41 bits per heavy atom. The molecule has 0 atom stereocenters. The molecule has 1 aliphatic heterocycles. The van der Waals surface area contributed by atoms with Gasteiger partial charge in [0.25, 0.3) is 0 Å². The van der Waals surface area contributed by atoms with Gasteiger partial charge in [-0.1, -0.05) is 0 Å². The highest BCUT2D eigenvalue weighted by atomic mass is 79.9. The Labute approximate surface area is 110 Å². The smallest absolute Gasteiger partial charge is 0.136 e. The van der Waals surface area contributed by atoms with Crippen molar-refractivity contribution < 1.29 is 9.13 Å². The summed E-state index contributed by atoms with van der Waals surface area (Å²) in [7, 11) is 1.63. The maximum Gasteiger partial charge on any atom is 0.136 e. The second-order valence-corrected chi connectivity index (χ2v) is 5.33. The van der Waals surface area contributed by atoms with Crippen LogP contribution in [0, 0.1) is 11.7 Å². The van der Waals surface area contributed by atoms with E-state index in [4.69, 9.17) is 4.74 Å². The number of nitrogens with one attached hydrogen (secondary N) is 1. The molecule has 0 radical (unpaired) electrons. The van der Waals surface area contributed by atoms with E-state index in [9.17, 15) is 4.39 Å². The van der Waals surface area contributed by atoms with E-state index in [-0.39, 0.29) is 5.82 Å². The van der Waals surface area contributed by atoms with Gasteiger partial charge < -0.3 is 10.1 Å². The minimum Gasteiger partial charge on any atom is -0.495 e. The standard InChI is InChI=1S/C13H17BrFNO/c1-17-13-10(7-11(15)8-12(13)14)6-9-2-4-16-5-3-9/h7-9,16H,2-6H2,1H3. The zero-order chi connectivity index (χ0) is 12.3. The van der Waals surface area contributed by atoms with Crippen LogP contribution in [-0.4, -0.2) is 20.2 Å². The molecule has 1 N–H and O–H groups in total. The van der Waals surface area contributed by atoms with Crippen molar-refractivity contribution in [2.75, 3.05) is 20.2 Å². The Hall–Kier alpha value is -0.610. The van der Waals surface area contributed by atoms with E-state index in [1.807, 2.05) is 0 Å². The monoisotopic (exact) mass is 301 g/mol. The van der Waals surface area contributed by atoms with Crippen LogP contribution in [0.3, 0.4) is 0 Å². The zero-order valence-corrected chi connectivity index (χ0v) is 11.5. The minimum atomic E-state index is -0.207. The number of hydrogen-bond donors (Lipinski definition) is 1. The minimum absolute atomic E-state index is 0.207. The number of methoxy groups -OCH3 is 1. The van der Waals surface area contributed by atoms with E-state index < -0.39 is 0 Å². The predicted molar refractivity (Wildman–Crippen MR) is 69.9 cm³/mol. The van der Waals surface area contributed by atoms with Gasteiger partial charge in [-0.05, 0) is 71.9 Å². The molecule has 1 saturated heterocycles. The van der Waals surface area contributed by atoms with Gasteiger partial charge in [0.15, 0.2) is 0 Å². The molecule has 1 aromatic rings. The van der Waals surface area contributed by atoms with Gasteiger partial charge in [0.2, 0.25) is 0 Å². The first-order chi connectivity index (χ1) is 8.20. The number of benzene rings is 1. The van der Waals surface area contributed by atoms with Gasteiger partial charge in [-0.3, -0.25) is 0 Å². The summed E-state index contributed by atoms with van der Waals surface area (Å²) in [5.41, 5.74) is 0.964. The van der Waals surface area contributed by atoms with Crippen molar-refractivity contribution in [2.45, 2.75) is 19.3 Å². The summed E-state index contributed by atoms with van der Waals surface area (Å²) in [6.45, 7) is 2.12. The van der Waals surface area contributed by atoms with Crippen molar-refractivity contribution in [3.63, 3.8) is 0 Å². The quantitative estimate of drug-likeness (QED) is 0.926. The fourth-order valence-corrected chi connectivity index (χ4v) is 3.03. The van der Waals surface area contributed by atoms with Crippen LogP contribution in [0.1, 0.15) is 18.4 Å². The molecule has 0 saturated carbocycles. The molecule has 0 spiro atoms. The van der Waals surface area contributed by atoms with Gasteiger partial charge >= 0.3 is 0 Å². The molecule has 0 amide bonds. The molecule has 2 nitrogen and oxygen atoms in total. The Morgan fingerprint density at radius 2 is 2.12 bits per heavy atom. The zero-order valence-electron chi connectivity index (χ0n) is 9.93. The molecule has 94 valence electrons. The van der Waals surface area contributed by atoms with Crippen molar-refractivity contribution in [1.82, 2.24) is 5.32 Å². The van der Waals surface area contributed by atoms with E-state index in [1.54, 1.807) is 13.2 Å². The number of rotatable bonds is 3. The van der Waals surface area contributed by atoms with Crippen molar-refractivity contribution in [3.8, 4) is 5.75 Å². The van der Waals surface area contributed by atoms with Crippen LogP contribution >= 0.6 is 15.9 Å². The van der Waals surface area contributed by atoms with Gasteiger partial charge in [0.05, 0.1) is 11.6 Å². The Bertz CT molecular complexity index is 391. The Balaban J connectivity index is 2.18. The van der Waals surface area contributed by atoms with E-state index in [0.29, 0.717) is 10.4 Å². The van der Waals surface area contributed by atoms with E-state index >= 15 is 0 Å². The van der Waals surface area contributed by atoms with Gasteiger partial charge in [0, 0.05) is 0 Å². The van der Waals surface area contributed by atoms with Crippen molar-refractivity contribution in [1.29, 1.82) is 0 Å². The molecule has 0 unspecified atom stereocenters. The second-order valence-electron chi connectivity index (χ2n) is 4.48. The molecule has 1 heterocycles. The maximum atomic E-state index is 13.4. The van der Waals surface area contributed by atoms with Crippen LogP contribution in [0.2, 0.25) is 0 Å². The average Bonchev–Trinajstić information content (AvgIpc) is 2.30. The molecule has 0 aromatic heterocycles. The Morgan fingerprint density at radius 3 is 2.76 bits per heavy atom. The van der Waals surface area contributed by atoms with Crippen LogP contribution < -0.4 is 10.1 Å². The summed E-state index contributed by atoms with van der Waals surface area (Å²) in [5, 5.41) is 3.34. The molecule has 1 aromatic carbocycles. The summed E-state index contributed by atoms with van der Waals surface area (Å²) >= 11 is 3.35. The Kier molecular flexibility index (Phi) is 4.40. The third kappa shape index (κ3) is 3.19. The fraction of sp³-hybridized carbons (Fsp3) is 0.538. The highest BCUT2D eigenvalue weighted by Crippen LogP contribution is 2.33. The van der Waals surface area contributed by atoms with Crippen LogP contribution in [0.15, 0.2) is 16.6 Å². The summed E-state index contributed by atoms with van der Waals surface area (Å²) in [4.78, 5) is 0. The van der Waals surface area contributed by atoms with Crippen LogP contribution in [0.4, 0.5) is 4.39 Å². The van der Waals surface area contributed by atoms with Gasteiger partial charge in [0.1, 0.15) is 11.6 Å². The third-order valence-corrected chi connectivity index (χ3v) is 3.85. The molecular weight excluding hydrogens is 285 g/mol. The fourth-order valence-electron chi connectivity index (χ4n) is 2.39. The lowest BCUT2D eigenvalue weighted by atomic mass is 9.90.